The van der Waals surface area contributed by atoms with Crippen LogP contribution in [-0.4, -0.2) is 15.5 Å². The van der Waals surface area contributed by atoms with Crippen LogP contribution in [0.5, 0.6) is 5.75 Å². The summed E-state index contributed by atoms with van der Waals surface area (Å²) in [6, 6.07) is 21.1. The highest BCUT2D eigenvalue weighted by atomic mass is 79.9. The molecule has 0 aliphatic heterocycles. The molecule has 29 heavy (non-hydrogen) atoms. The van der Waals surface area contributed by atoms with Crippen LogP contribution in [0.15, 0.2) is 77.3 Å². The van der Waals surface area contributed by atoms with Crippen molar-refractivity contribution in [3.8, 4) is 5.75 Å². The lowest BCUT2D eigenvalue weighted by atomic mass is 10.3. The summed E-state index contributed by atoms with van der Waals surface area (Å²) >= 11 is 3.39. The number of hydrogen-bond acceptors (Lipinski definition) is 3. The van der Waals surface area contributed by atoms with Crippen molar-refractivity contribution in [3.05, 3.63) is 88.9 Å². The molecule has 0 unspecified atom stereocenters. The van der Waals surface area contributed by atoms with E-state index >= 15 is 0 Å². The van der Waals surface area contributed by atoms with Gasteiger partial charge in [0.05, 0.1) is 16.7 Å². The van der Waals surface area contributed by atoms with Crippen LogP contribution in [0, 0.1) is 5.82 Å². The van der Waals surface area contributed by atoms with Crippen molar-refractivity contribution in [2.75, 3.05) is 5.32 Å². The van der Waals surface area contributed by atoms with Crippen molar-refractivity contribution in [1.82, 2.24) is 9.55 Å². The fraction of sp³-hybridized carbons (Fsp3) is 0.0909. The summed E-state index contributed by atoms with van der Waals surface area (Å²) in [7, 11) is 0. The zero-order valence-corrected chi connectivity index (χ0v) is 16.9. The lowest BCUT2D eigenvalue weighted by molar-refractivity contribution is -0.116. The summed E-state index contributed by atoms with van der Waals surface area (Å²) in [4.78, 5) is 17.2. The van der Waals surface area contributed by atoms with Crippen molar-refractivity contribution >= 4 is 38.6 Å². The average molecular weight is 454 g/mol. The van der Waals surface area contributed by atoms with Gasteiger partial charge < -0.3 is 14.6 Å². The maximum Gasteiger partial charge on any atom is 0.244 e. The van der Waals surface area contributed by atoms with Crippen LogP contribution in [0.2, 0.25) is 0 Å². The minimum Gasteiger partial charge on any atom is -0.486 e. The molecule has 4 rings (SSSR count). The smallest absolute Gasteiger partial charge is 0.244 e. The van der Waals surface area contributed by atoms with Gasteiger partial charge in [0.1, 0.15) is 30.5 Å². The SMILES string of the molecule is O=C(Cn1c(COc2ccc(Br)cc2)nc2ccccc21)Nc1ccccc1F. The number of amides is 1. The monoisotopic (exact) mass is 453 g/mol. The number of carbonyl (C=O) groups is 1. The first kappa shape index (κ1) is 19.1. The number of aromatic nitrogens is 2. The highest BCUT2D eigenvalue weighted by Crippen LogP contribution is 2.20. The number of ether oxygens (including phenoxy) is 1. The molecule has 0 spiro atoms. The van der Waals surface area contributed by atoms with E-state index in [2.05, 4.69) is 26.2 Å². The van der Waals surface area contributed by atoms with E-state index in [0.29, 0.717) is 11.6 Å². The number of carbonyl (C=O) groups excluding carboxylic acids is 1. The van der Waals surface area contributed by atoms with Gasteiger partial charge in [0, 0.05) is 4.47 Å². The average Bonchev–Trinajstić information content (AvgIpc) is 3.07. The number of nitrogens with one attached hydrogen (secondary N) is 1. The molecule has 7 heteroatoms. The Bertz CT molecular complexity index is 1160. The Morgan fingerprint density at radius 1 is 1.03 bits per heavy atom. The molecule has 0 aliphatic rings. The fourth-order valence-corrected chi connectivity index (χ4v) is 3.25. The molecule has 0 aliphatic carbocycles. The quantitative estimate of drug-likeness (QED) is 0.438. The molecule has 0 bridgehead atoms. The first-order chi connectivity index (χ1) is 14.1. The Balaban J connectivity index is 1.57. The van der Waals surface area contributed by atoms with E-state index in [1.165, 1.54) is 12.1 Å². The normalized spacial score (nSPS) is 10.8. The Morgan fingerprint density at radius 3 is 2.55 bits per heavy atom. The summed E-state index contributed by atoms with van der Waals surface area (Å²) in [6.45, 7) is 0.192. The molecule has 0 atom stereocenters. The third kappa shape index (κ3) is 4.46. The molecular weight excluding hydrogens is 437 g/mol. The van der Waals surface area contributed by atoms with Gasteiger partial charge in [0.2, 0.25) is 5.91 Å². The number of nitrogens with zero attached hydrogens (tertiary/aromatic N) is 2. The Morgan fingerprint density at radius 2 is 1.76 bits per heavy atom. The van der Waals surface area contributed by atoms with E-state index in [-0.39, 0.29) is 24.7 Å². The van der Waals surface area contributed by atoms with Crippen molar-refractivity contribution in [1.29, 1.82) is 0 Å². The largest absolute Gasteiger partial charge is 0.486 e. The Hall–Kier alpha value is -3.19. The van der Waals surface area contributed by atoms with Gasteiger partial charge in [-0.2, -0.15) is 0 Å². The highest BCUT2D eigenvalue weighted by Gasteiger charge is 2.15. The molecule has 5 nitrogen and oxygen atoms in total. The molecule has 0 saturated carbocycles. The molecule has 0 saturated heterocycles. The van der Waals surface area contributed by atoms with Gasteiger partial charge >= 0.3 is 0 Å². The number of rotatable bonds is 6. The van der Waals surface area contributed by atoms with Gasteiger partial charge in [-0.15, -0.1) is 0 Å². The minimum absolute atomic E-state index is 0.00607. The number of halogens is 2. The van der Waals surface area contributed by atoms with Crippen molar-refractivity contribution in [3.63, 3.8) is 0 Å². The maximum atomic E-state index is 13.8. The van der Waals surface area contributed by atoms with Crippen LogP contribution in [-0.2, 0) is 17.9 Å². The molecule has 0 radical (unpaired) electrons. The van der Waals surface area contributed by atoms with Gasteiger partial charge in [-0.25, -0.2) is 9.37 Å². The predicted octanol–water partition coefficient (Wildman–Crippen LogP) is 5.16. The molecular formula is C22H17BrFN3O2. The molecule has 1 heterocycles. The highest BCUT2D eigenvalue weighted by molar-refractivity contribution is 9.10. The first-order valence-electron chi connectivity index (χ1n) is 8.97. The summed E-state index contributed by atoms with van der Waals surface area (Å²) in [6.07, 6.45) is 0. The standard InChI is InChI=1S/C22H17BrFN3O2/c23-15-9-11-16(12-10-15)29-14-21-25-19-7-3-4-8-20(19)27(21)13-22(28)26-18-6-2-1-5-17(18)24/h1-12H,13-14H2,(H,26,28). The van der Waals surface area contributed by atoms with E-state index in [0.717, 1.165) is 15.5 Å². The van der Waals surface area contributed by atoms with Crippen LogP contribution in [0.4, 0.5) is 10.1 Å². The molecule has 1 aromatic heterocycles. The van der Waals surface area contributed by atoms with E-state index in [4.69, 9.17) is 4.74 Å². The number of benzene rings is 3. The van der Waals surface area contributed by atoms with E-state index in [1.807, 2.05) is 48.5 Å². The summed E-state index contributed by atoms with van der Waals surface area (Å²) in [5, 5.41) is 2.61. The number of fused-ring (bicyclic) bond motifs is 1. The van der Waals surface area contributed by atoms with Gasteiger partial charge in [-0.3, -0.25) is 4.79 Å². The second kappa shape index (κ2) is 8.45. The van der Waals surface area contributed by atoms with Crippen LogP contribution in [0.25, 0.3) is 11.0 Å². The topological polar surface area (TPSA) is 56.2 Å². The van der Waals surface area contributed by atoms with E-state index < -0.39 is 5.82 Å². The fourth-order valence-electron chi connectivity index (χ4n) is 2.99. The molecule has 0 fully saturated rings. The molecule has 1 amide bonds. The van der Waals surface area contributed by atoms with E-state index in [1.54, 1.807) is 16.7 Å². The van der Waals surface area contributed by atoms with Crippen LogP contribution in [0.1, 0.15) is 5.82 Å². The van der Waals surface area contributed by atoms with Crippen LogP contribution in [0.3, 0.4) is 0 Å². The van der Waals surface area contributed by atoms with Crippen molar-refractivity contribution < 1.29 is 13.9 Å². The van der Waals surface area contributed by atoms with Gasteiger partial charge in [0.25, 0.3) is 0 Å². The molecule has 146 valence electrons. The molecule has 3 aromatic carbocycles. The molecule has 1 N–H and O–H groups in total. The van der Waals surface area contributed by atoms with Gasteiger partial charge in [-0.1, -0.05) is 40.2 Å². The maximum absolute atomic E-state index is 13.8. The van der Waals surface area contributed by atoms with E-state index in [9.17, 15) is 9.18 Å². The van der Waals surface area contributed by atoms with Gasteiger partial charge in [-0.05, 0) is 48.5 Å². The number of anilines is 1. The van der Waals surface area contributed by atoms with Crippen molar-refractivity contribution in [2.45, 2.75) is 13.2 Å². The zero-order chi connectivity index (χ0) is 20.2. The summed E-state index contributed by atoms with van der Waals surface area (Å²) in [5.74, 6) is 0.485. The second-order valence-corrected chi connectivity index (χ2v) is 7.29. The van der Waals surface area contributed by atoms with Gasteiger partial charge in [0.15, 0.2) is 0 Å². The number of hydrogen-bond donors (Lipinski definition) is 1. The Labute approximate surface area is 175 Å². The predicted molar refractivity (Wildman–Crippen MR) is 113 cm³/mol. The third-order valence-corrected chi connectivity index (χ3v) is 4.89. The van der Waals surface area contributed by atoms with Crippen molar-refractivity contribution in [2.24, 2.45) is 0 Å². The first-order valence-corrected chi connectivity index (χ1v) is 9.76. The molecule has 4 aromatic rings. The number of para-hydroxylation sites is 3. The summed E-state index contributed by atoms with van der Waals surface area (Å²) < 4.78 is 22.4. The lowest BCUT2D eigenvalue weighted by Gasteiger charge is -2.11. The minimum atomic E-state index is -0.477. The lowest BCUT2D eigenvalue weighted by Crippen LogP contribution is -2.21. The number of imidazole rings is 1. The summed E-state index contributed by atoms with van der Waals surface area (Å²) in [5.41, 5.74) is 1.72. The second-order valence-electron chi connectivity index (χ2n) is 6.37. The zero-order valence-electron chi connectivity index (χ0n) is 15.3. The third-order valence-electron chi connectivity index (χ3n) is 4.36. The van der Waals surface area contributed by atoms with Crippen LogP contribution >= 0.6 is 15.9 Å². The van der Waals surface area contributed by atoms with Crippen LogP contribution < -0.4 is 10.1 Å². The Kier molecular flexibility index (Phi) is 5.57.